The van der Waals surface area contributed by atoms with Crippen LogP contribution in [0.1, 0.15) is 20.8 Å². The maximum absolute atomic E-state index is 6.00. The van der Waals surface area contributed by atoms with Crippen LogP contribution in [0, 0.1) is 0 Å². The standard InChI is InChI=1S/C10H9Cl5O/c1-10(2,3)16-9-7(14)5(12)4(11)6(13)8(9)15/h1-3H3. The Labute approximate surface area is 120 Å². The van der Waals surface area contributed by atoms with Gasteiger partial charge in [-0.1, -0.05) is 58.0 Å². The molecule has 0 aliphatic heterocycles. The molecular weight excluding hydrogens is 313 g/mol. The van der Waals surface area contributed by atoms with Gasteiger partial charge in [0.2, 0.25) is 0 Å². The van der Waals surface area contributed by atoms with Gasteiger partial charge in [-0.25, -0.2) is 0 Å². The SMILES string of the molecule is CC(C)(C)Oc1c(Cl)c(Cl)c(Cl)c(Cl)c1Cl. The van der Waals surface area contributed by atoms with Crippen molar-refractivity contribution in [1.29, 1.82) is 0 Å². The lowest BCUT2D eigenvalue weighted by molar-refractivity contribution is 0.131. The Morgan fingerprint density at radius 3 is 1.31 bits per heavy atom. The van der Waals surface area contributed by atoms with E-state index in [2.05, 4.69) is 0 Å². The highest BCUT2D eigenvalue weighted by molar-refractivity contribution is 6.55. The van der Waals surface area contributed by atoms with E-state index in [-0.39, 0.29) is 30.9 Å². The predicted octanol–water partition coefficient (Wildman–Crippen LogP) is 6.13. The minimum Gasteiger partial charge on any atom is -0.485 e. The Kier molecular flexibility index (Phi) is 4.53. The molecule has 0 bridgehead atoms. The summed E-state index contributed by atoms with van der Waals surface area (Å²) in [5, 5.41) is 0.723. The molecule has 6 heteroatoms. The van der Waals surface area contributed by atoms with Gasteiger partial charge in [0.15, 0.2) is 5.75 Å². The van der Waals surface area contributed by atoms with E-state index in [1.165, 1.54) is 0 Å². The fourth-order valence-electron chi connectivity index (χ4n) is 0.981. The molecule has 0 saturated carbocycles. The van der Waals surface area contributed by atoms with Crippen LogP contribution >= 0.6 is 58.0 Å². The van der Waals surface area contributed by atoms with Crippen molar-refractivity contribution in [3.05, 3.63) is 25.1 Å². The second-order valence-electron chi connectivity index (χ2n) is 4.11. The number of hydrogen-bond donors (Lipinski definition) is 0. The average molecular weight is 322 g/mol. The Bertz CT molecular complexity index is 393. The van der Waals surface area contributed by atoms with Gasteiger partial charge in [-0.05, 0) is 20.8 Å². The van der Waals surface area contributed by atoms with Crippen molar-refractivity contribution in [2.75, 3.05) is 0 Å². The minimum absolute atomic E-state index is 0.125. The first-order valence-electron chi connectivity index (χ1n) is 4.35. The maximum atomic E-state index is 6.00. The van der Waals surface area contributed by atoms with Gasteiger partial charge in [0.1, 0.15) is 15.6 Å². The highest BCUT2D eigenvalue weighted by Crippen LogP contribution is 2.48. The zero-order valence-corrected chi connectivity index (χ0v) is 12.6. The molecule has 0 amide bonds. The Morgan fingerprint density at radius 1 is 0.688 bits per heavy atom. The summed E-state index contributed by atoms with van der Waals surface area (Å²) in [6.07, 6.45) is 0. The van der Waals surface area contributed by atoms with Crippen molar-refractivity contribution in [2.45, 2.75) is 26.4 Å². The second kappa shape index (κ2) is 4.99. The van der Waals surface area contributed by atoms with Crippen LogP contribution < -0.4 is 4.74 Å². The number of rotatable bonds is 1. The van der Waals surface area contributed by atoms with Crippen LogP contribution in [-0.2, 0) is 0 Å². The van der Waals surface area contributed by atoms with Crippen LogP contribution in [0.4, 0.5) is 0 Å². The Morgan fingerprint density at radius 2 is 1.00 bits per heavy atom. The molecule has 1 aromatic rings. The van der Waals surface area contributed by atoms with E-state index in [1.807, 2.05) is 20.8 Å². The summed E-state index contributed by atoms with van der Waals surface area (Å²) in [5.74, 6) is 0.246. The quantitative estimate of drug-likeness (QED) is 0.446. The monoisotopic (exact) mass is 320 g/mol. The number of ether oxygens (including phenoxy) is 1. The summed E-state index contributed by atoms with van der Waals surface area (Å²) in [4.78, 5) is 0. The van der Waals surface area contributed by atoms with Gasteiger partial charge >= 0.3 is 0 Å². The molecule has 0 aromatic heterocycles. The van der Waals surface area contributed by atoms with Crippen molar-refractivity contribution in [2.24, 2.45) is 0 Å². The van der Waals surface area contributed by atoms with E-state index in [4.69, 9.17) is 62.7 Å². The molecule has 1 nitrogen and oxygen atoms in total. The first-order chi connectivity index (χ1) is 7.15. The number of benzene rings is 1. The molecule has 0 aliphatic carbocycles. The maximum Gasteiger partial charge on any atom is 0.160 e. The topological polar surface area (TPSA) is 9.23 Å². The van der Waals surface area contributed by atoms with Gasteiger partial charge in [-0.2, -0.15) is 0 Å². The van der Waals surface area contributed by atoms with E-state index in [1.54, 1.807) is 0 Å². The van der Waals surface area contributed by atoms with Crippen LogP contribution in [0.5, 0.6) is 5.75 Å². The predicted molar refractivity (Wildman–Crippen MR) is 71.9 cm³/mol. The number of halogens is 5. The fraction of sp³-hybridized carbons (Fsp3) is 0.400. The summed E-state index contributed by atoms with van der Waals surface area (Å²) < 4.78 is 5.59. The van der Waals surface area contributed by atoms with E-state index < -0.39 is 5.60 Å². The molecular formula is C10H9Cl5O. The van der Waals surface area contributed by atoms with Crippen LogP contribution in [0.15, 0.2) is 0 Å². The fourth-order valence-corrected chi connectivity index (χ4v) is 2.18. The van der Waals surface area contributed by atoms with Crippen molar-refractivity contribution in [3.8, 4) is 5.75 Å². The van der Waals surface area contributed by atoms with Crippen LogP contribution in [-0.4, -0.2) is 5.60 Å². The molecule has 0 unspecified atom stereocenters. The minimum atomic E-state index is -0.465. The lowest BCUT2D eigenvalue weighted by atomic mass is 10.2. The molecule has 0 radical (unpaired) electrons. The molecule has 0 saturated heterocycles. The van der Waals surface area contributed by atoms with Crippen molar-refractivity contribution in [1.82, 2.24) is 0 Å². The van der Waals surface area contributed by atoms with Crippen molar-refractivity contribution >= 4 is 58.0 Å². The summed E-state index contributed by atoms with van der Waals surface area (Å²) in [6.45, 7) is 5.57. The molecule has 1 aromatic carbocycles. The third kappa shape index (κ3) is 3.02. The Hall–Kier alpha value is 0.470. The van der Waals surface area contributed by atoms with Crippen LogP contribution in [0.3, 0.4) is 0 Å². The highest BCUT2D eigenvalue weighted by Gasteiger charge is 2.24. The lowest BCUT2D eigenvalue weighted by Gasteiger charge is -2.24. The summed E-state index contributed by atoms with van der Waals surface area (Å²) >= 11 is 29.6. The van der Waals surface area contributed by atoms with Gasteiger partial charge in [-0.3, -0.25) is 0 Å². The smallest absolute Gasteiger partial charge is 0.160 e. The summed E-state index contributed by atoms with van der Waals surface area (Å²) in [6, 6.07) is 0. The van der Waals surface area contributed by atoms with Gasteiger partial charge in [0.25, 0.3) is 0 Å². The van der Waals surface area contributed by atoms with Crippen molar-refractivity contribution < 1.29 is 4.74 Å². The third-order valence-corrected chi connectivity index (χ3v) is 3.82. The van der Waals surface area contributed by atoms with E-state index in [0.717, 1.165) is 0 Å². The number of hydrogen-bond acceptors (Lipinski definition) is 1. The first kappa shape index (κ1) is 14.5. The molecule has 16 heavy (non-hydrogen) atoms. The largest absolute Gasteiger partial charge is 0.485 e. The zero-order valence-electron chi connectivity index (χ0n) is 8.80. The highest BCUT2D eigenvalue weighted by atomic mass is 35.5. The lowest BCUT2D eigenvalue weighted by Crippen LogP contribution is -2.23. The summed E-state index contributed by atoms with van der Waals surface area (Å²) in [7, 11) is 0. The second-order valence-corrected chi connectivity index (χ2v) is 6.00. The van der Waals surface area contributed by atoms with Gasteiger partial charge in [0.05, 0.1) is 15.1 Å². The molecule has 0 spiro atoms. The molecule has 0 N–H and O–H groups in total. The van der Waals surface area contributed by atoms with E-state index in [9.17, 15) is 0 Å². The van der Waals surface area contributed by atoms with E-state index >= 15 is 0 Å². The molecule has 0 heterocycles. The molecule has 0 aliphatic rings. The van der Waals surface area contributed by atoms with Gasteiger partial charge in [0, 0.05) is 0 Å². The van der Waals surface area contributed by atoms with E-state index in [0.29, 0.717) is 0 Å². The summed E-state index contributed by atoms with van der Waals surface area (Å²) in [5.41, 5.74) is -0.465. The molecule has 0 fully saturated rings. The van der Waals surface area contributed by atoms with Gasteiger partial charge in [-0.15, -0.1) is 0 Å². The molecule has 0 atom stereocenters. The first-order valence-corrected chi connectivity index (χ1v) is 6.24. The third-order valence-electron chi connectivity index (χ3n) is 1.58. The zero-order chi connectivity index (χ0) is 12.7. The molecule has 90 valence electrons. The van der Waals surface area contributed by atoms with Gasteiger partial charge < -0.3 is 4.74 Å². The van der Waals surface area contributed by atoms with Crippen LogP contribution in [0.2, 0.25) is 25.1 Å². The van der Waals surface area contributed by atoms with Crippen LogP contribution in [0.25, 0.3) is 0 Å². The normalized spacial score (nSPS) is 11.8. The van der Waals surface area contributed by atoms with Crippen molar-refractivity contribution in [3.63, 3.8) is 0 Å². The Balaban J connectivity index is 3.40. The molecule has 1 rings (SSSR count). The average Bonchev–Trinajstić information content (AvgIpc) is 2.17.